The summed E-state index contributed by atoms with van der Waals surface area (Å²) in [5, 5.41) is 11.2. The molecule has 2 aromatic rings. The van der Waals surface area contributed by atoms with Crippen LogP contribution < -0.4 is 27.3 Å². The SMILES string of the molecule is CC(=O)CN(CCOc1ccc(CCCCN=C(N)NC(=O)c2nc(Cl)c(N)nc2N)cc1)CC(=O)O. The molecule has 0 spiro atoms. The molecular formula is C23H31ClN8O5. The van der Waals surface area contributed by atoms with Crippen LogP contribution in [0.2, 0.25) is 5.15 Å². The number of carbonyl (C=O) groups excluding carboxylic acids is 2. The molecule has 0 aliphatic heterocycles. The number of guanidine groups is 1. The van der Waals surface area contributed by atoms with E-state index in [0.29, 0.717) is 18.8 Å². The Morgan fingerprint density at radius 3 is 2.46 bits per heavy atom. The fraction of sp³-hybridized carbons (Fsp3) is 0.391. The van der Waals surface area contributed by atoms with Crippen molar-refractivity contribution in [2.45, 2.75) is 26.2 Å². The second-order valence-corrected chi connectivity index (χ2v) is 8.47. The molecule has 0 fully saturated rings. The van der Waals surface area contributed by atoms with E-state index in [4.69, 9.17) is 38.6 Å². The summed E-state index contributed by atoms with van der Waals surface area (Å²) in [6.07, 6.45) is 2.38. The summed E-state index contributed by atoms with van der Waals surface area (Å²) >= 11 is 5.78. The van der Waals surface area contributed by atoms with E-state index in [1.54, 1.807) is 0 Å². The van der Waals surface area contributed by atoms with Crippen LogP contribution in [0.15, 0.2) is 29.3 Å². The molecule has 0 aliphatic carbocycles. The Balaban J connectivity index is 1.71. The molecule has 1 aromatic carbocycles. The number of amides is 1. The molecule has 0 radical (unpaired) electrons. The monoisotopic (exact) mass is 534 g/mol. The highest BCUT2D eigenvalue weighted by molar-refractivity contribution is 6.31. The fourth-order valence-corrected chi connectivity index (χ4v) is 3.36. The number of aromatic nitrogens is 2. The third kappa shape index (κ3) is 10.7. The van der Waals surface area contributed by atoms with Gasteiger partial charge in [-0.25, -0.2) is 9.97 Å². The first-order chi connectivity index (χ1) is 17.5. The Kier molecular flexibility index (Phi) is 11.5. The smallest absolute Gasteiger partial charge is 0.317 e. The molecule has 0 aliphatic rings. The van der Waals surface area contributed by atoms with Crippen LogP contribution in [0, 0.1) is 0 Å². The minimum Gasteiger partial charge on any atom is -0.492 e. The van der Waals surface area contributed by atoms with Gasteiger partial charge < -0.3 is 27.0 Å². The highest BCUT2D eigenvalue weighted by Crippen LogP contribution is 2.17. The van der Waals surface area contributed by atoms with E-state index in [1.807, 2.05) is 24.3 Å². The maximum absolute atomic E-state index is 12.2. The zero-order valence-electron chi connectivity index (χ0n) is 20.4. The van der Waals surface area contributed by atoms with Gasteiger partial charge >= 0.3 is 5.97 Å². The van der Waals surface area contributed by atoms with Crippen molar-refractivity contribution in [1.29, 1.82) is 0 Å². The van der Waals surface area contributed by atoms with E-state index >= 15 is 0 Å². The number of hydrogen-bond acceptors (Lipinski definition) is 10. The number of nitrogens with two attached hydrogens (primary N) is 3. The normalized spacial score (nSPS) is 11.4. The number of aryl methyl sites for hydroxylation is 1. The van der Waals surface area contributed by atoms with Gasteiger partial charge in [0.15, 0.2) is 28.4 Å². The number of aliphatic carboxylic acids is 1. The zero-order valence-corrected chi connectivity index (χ0v) is 21.2. The number of ketones is 1. The number of ether oxygens (including phenoxy) is 1. The molecule has 0 atom stereocenters. The molecular weight excluding hydrogens is 504 g/mol. The summed E-state index contributed by atoms with van der Waals surface area (Å²) in [6.45, 7) is 2.26. The number of nitrogens with one attached hydrogen (secondary N) is 1. The van der Waals surface area contributed by atoms with E-state index in [0.717, 1.165) is 24.8 Å². The predicted molar refractivity (Wildman–Crippen MR) is 139 cm³/mol. The predicted octanol–water partition coefficient (Wildman–Crippen LogP) is 0.716. The van der Waals surface area contributed by atoms with Crippen LogP contribution in [0.5, 0.6) is 5.75 Å². The summed E-state index contributed by atoms with van der Waals surface area (Å²) < 4.78 is 5.67. The fourth-order valence-electron chi connectivity index (χ4n) is 3.23. The lowest BCUT2D eigenvalue weighted by atomic mass is 10.1. The molecule has 1 aromatic heterocycles. The molecule has 0 bridgehead atoms. The number of carbonyl (C=O) groups is 3. The maximum atomic E-state index is 12.2. The number of Topliss-reactive ketones (excluding diaryl/α,β-unsaturated/α-hetero) is 1. The molecule has 0 saturated heterocycles. The first-order valence-electron chi connectivity index (χ1n) is 11.4. The van der Waals surface area contributed by atoms with Crippen molar-refractivity contribution >= 4 is 46.9 Å². The minimum atomic E-state index is -0.993. The quantitative estimate of drug-likeness (QED) is 0.129. The maximum Gasteiger partial charge on any atom is 0.317 e. The Labute approximate surface area is 219 Å². The molecule has 8 N–H and O–H groups in total. The Morgan fingerprint density at radius 1 is 1.11 bits per heavy atom. The first kappa shape index (κ1) is 29.3. The average molecular weight is 535 g/mol. The largest absolute Gasteiger partial charge is 0.492 e. The highest BCUT2D eigenvalue weighted by atomic mass is 35.5. The number of carboxylic acid groups (broad SMARTS) is 1. The molecule has 1 amide bonds. The second kappa shape index (κ2) is 14.6. The molecule has 0 unspecified atom stereocenters. The number of anilines is 2. The van der Waals surface area contributed by atoms with Crippen molar-refractivity contribution in [3.8, 4) is 5.75 Å². The van der Waals surface area contributed by atoms with Crippen molar-refractivity contribution in [3.63, 3.8) is 0 Å². The average Bonchev–Trinajstić information content (AvgIpc) is 2.81. The number of hydrogen-bond donors (Lipinski definition) is 5. The molecule has 200 valence electrons. The van der Waals surface area contributed by atoms with E-state index in [-0.39, 0.29) is 53.9 Å². The summed E-state index contributed by atoms with van der Waals surface area (Å²) in [5.74, 6) is -1.46. The lowest BCUT2D eigenvalue weighted by Gasteiger charge is -2.18. The summed E-state index contributed by atoms with van der Waals surface area (Å²) in [5.41, 5.74) is 17.8. The highest BCUT2D eigenvalue weighted by Gasteiger charge is 2.16. The van der Waals surface area contributed by atoms with Crippen LogP contribution in [0.4, 0.5) is 11.6 Å². The topological polar surface area (TPSA) is 212 Å². The van der Waals surface area contributed by atoms with E-state index < -0.39 is 11.9 Å². The molecule has 1 heterocycles. The van der Waals surface area contributed by atoms with Gasteiger partial charge in [0.1, 0.15) is 18.1 Å². The van der Waals surface area contributed by atoms with Crippen molar-refractivity contribution in [1.82, 2.24) is 20.2 Å². The van der Waals surface area contributed by atoms with Crippen molar-refractivity contribution < 1.29 is 24.2 Å². The number of halogens is 1. The van der Waals surface area contributed by atoms with Crippen LogP contribution in [-0.4, -0.2) is 76.4 Å². The third-order valence-electron chi connectivity index (χ3n) is 4.92. The van der Waals surface area contributed by atoms with Gasteiger partial charge in [0.05, 0.1) is 13.1 Å². The van der Waals surface area contributed by atoms with E-state index in [9.17, 15) is 14.4 Å². The van der Waals surface area contributed by atoms with Crippen molar-refractivity contribution in [3.05, 3.63) is 40.7 Å². The number of nitrogens with zero attached hydrogens (tertiary/aromatic N) is 4. The number of carboxylic acids is 1. The van der Waals surface area contributed by atoms with Gasteiger partial charge in [-0.1, -0.05) is 23.7 Å². The molecule has 14 heteroatoms. The lowest BCUT2D eigenvalue weighted by molar-refractivity contribution is -0.138. The number of benzene rings is 1. The van der Waals surface area contributed by atoms with E-state index in [2.05, 4.69) is 20.3 Å². The van der Waals surface area contributed by atoms with Gasteiger partial charge in [0, 0.05) is 13.1 Å². The van der Waals surface area contributed by atoms with Crippen LogP contribution in [0.3, 0.4) is 0 Å². The van der Waals surface area contributed by atoms with Gasteiger partial charge in [-0.3, -0.25) is 29.6 Å². The van der Waals surface area contributed by atoms with Crippen LogP contribution in [0.25, 0.3) is 0 Å². The van der Waals surface area contributed by atoms with Gasteiger partial charge in [-0.15, -0.1) is 0 Å². The van der Waals surface area contributed by atoms with Gasteiger partial charge in [0.25, 0.3) is 5.91 Å². The van der Waals surface area contributed by atoms with Crippen molar-refractivity contribution in [2.75, 3.05) is 44.3 Å². The Bertz CT molecular complexity index is 1110. The number of rotatable bonds is 14. The van der Waals surface area contributed by atoms with Crippen molar-refractivity contribution in [2.24, 2.45) is 10.7 Å². The van der Waals surface area contributed by atoms with Crippen LogP contribution >= 0.6 is 11.6 Å². The van der Waals surface area contributed by atoms with Gasteiger partial charge in [0.2, 0.25) is 0 Å². The standard InChI is InChI=1S/C23H31ClN8O5/c1-14(33)12-32(13-17(34)35)10-11-37-16-7-5-15(6-8-16)4-2-3-9-28-23(27)31-22(36)18-20(25)30-21(26)19(24)29-18/h5-8H,2-4,9-13H2,1H3,(H,34,35)(H4,25,26,30)(H3,27,28,31,36). The van der Waals surface area contributed by atoms with Gasteiger partial charge in [-0.05, 0) is 43.9 Å². The lowest BCUT2D eigenvalue weighted by Crippen LogP contribution is -2.38. The van der Waals surface area contributed by atoms with Gasteiger partial charge in [-0.2, -0.15) is 0 Å². The summed E-state index contributed by atoms with van der Waals surface area (Å²) in [6, 6.07) is 7.57. The first-order valence-corrected chi connectivity index (χ1v) is 11.8. The summed E-state index contributed by atoms with van der Waals surface area (Å²) in [4.78, 5) is 47.6. The Morgan fingerprint density at radius 2 is 1.81 bits per heavy atom. The van der Waals surface area contributed by atoms with Crippen LogP contribution in [0.1, 0.15) is 35.8 Å². The number of aliphatic imine (C=N–C) groups is 1. The third-order valence-corrected chi connectivity index (χ3v) is 5.20. The molecule has 37 heavy (non-hydrogen) atoms. The van der Waals surface area contributed by atoms with E-state index in [1.165, 1.54) is 11.8 Å². The molecule has 0 saturated carbocycles. The number of nitrogen functional groups attached to an aromatic ring is 2. The second-order valence-electron chi connectivity index (χ2n) is 8.11. The molecule has 2 rings (SSSR count). The summed E-state index contributed by atoms with van der Waals surface area (Å²) in [7, 11) is 0. The Hall–Kier alpha value is -3.97. The van der Waals surface area contributed by atoms with Crippen LogP contribution in [-0.2, 0) is 16.0 Å². The number of unbranched alkanes of at least 4 members (excludes halogenated alkanes) is 1. The zero-order chi connectivity index (χ0) is 27.4. The minimum absolute atomic E-state index is 0.0669. The molecule has 13 nitrogen and oxygen atoms in total.